The highest BCUT2D eigenvalue weighted by atomic mass is 16.5. The predicted octanol–water partition coefficient (Wildman–Crippen LogP) is 3.18. The van der Waals surface area contributed by atoms with E-state index in [0.717, 1.165) is 19.6 Å². The summed E-state index contributed by atoms with van der Waals surface area (Å²) in [6, 6.07) is 8.85. The van der Waals surface area contributed by atoms with Gasteiger partial charge in [-0.2, -0.15) is 0 Å². The van der Waals surface area contributed by atoms with Gasteiger partial charge in [-0.05, 0) is 43.0 Å². The Bertz CT molecular complexity index is 518. The average Bonchev–Trinajstić information content (AvgIpc) is 2.82. The molecule has 1 unspecified atom stereocenters. The summed E-state index contributed by atoms with van der Waals surface area (Å²) in [6.07, 6.45) is 3.55. The van der Waals surface area contributed by atoms with E-state index in [1.807, 2.05) is 0 Å². The lowest BCUT2D eigenvalue weighted by Gasteiger charge is -2.12. The zero-order valence-corrected chi connectivity index (χ0v) is 12.1. The van der Waals surface area contributed by atoms with Gasteiger partial charge in [0.2, 0.25) is 0 Å². The minimum absolute atomic E-state index is 0.234. The summed E-state index contributed by atoms with van der Waals surface area (Å²) in [5.74, 6) is 0. The molecule has 1 atom stereocenters. The molecular formula is C16H24N2O. The first-order valence-corrected chi connectivity index (χ1v) is 7.06. The van der Waals surface area contributed by atoms with Gasteiger partial charge in [-0.3, -0.25) is 0 Å². The van der Waals surface area contributed by atoms with Crippen LogP contribution in [0.4, 0.5) is 0 Å². The van der Waals surface area contributed by atoms with Crippen LogP contribution in [0.25, 0.3) is 10.9 Å². The van der Waals surface area contributed by atoms with Gasteiger partial charge in [0.05, 0.1) is 6.10 Å². The minimum Gasteiger partial charge on any atom is -0.380 e. The van der Waals surface area contributed by atoms with Crippen LogP contribution < -0.4 is 5.32 Å². The zero-order chi connectivity index (χ0) is 13.7. The topological polar surface area (TPSA) is 26.2 Å². The van der Waals surface area contributed by atoms with Crippen molar-refractivity contribution in [3.8, 4) is 0 Å². The maximum absolute atomic E-state index is 5.35. The molecule has 1 heterocycles. The van der Waals surface area contributed by atoms with E-state index in [1.54, 1.807) is 7.11 Å². The molecule has 1 aromatic carbocycles. The molecule has 3 heteroatoms. The molecule has 2 rings (SSSR count). The molecule has 0 saturated carbocycles. The summed E-state index contributed by atoms with van der Waals surface area (Å²) < 4.78 is 7.62. The zero-order valence-electron chi connectivity index (χ0n) is 12.1. The van der Waals surface area contributed by atoms with E-state index < -0.39 is 0 Å². The third kappa shape index (κ3) is 3.58. The summed E-state index contributed by atoms with van der Waals surface area (Å²) in [4.78, 5) is 0. The number of benzene rings is 1. The molecule has 1 aromatic heterocycles. The van der Waals surface area contributed by atoms with Gasteiger partial charge >= 0.3 is 0 Å². The first-order chi connectivity index (χ1) is 9.24. The lowest BCUT2D eigenvalue weighted by Crippen LogP contribution is -2.15. The summed E-state index contributed by atoms with van der Waals surface area (Å²) in [6.45, 7) is 7.19. The van der Waals surface area contributed by atoms with Crippen LogP contribution in [0.2, 0.25) is 0 Å². The molecule has 0 aliphatic heterocycles. The van der Waals surface area contributed by atoms with Gasteiger partial charge in [0, 0.05) is 31.9 Å². The number of nitrogens with zero attached hydrogens (tertiary/aromatic N) is 1. The summed E-state index contributed by atoms with van der Waals surface area (Å²) >= 11 is 0. The molecule has 19 heavy (non-hydrogen) atoms. The van der Waals surface area contributed by atoms with Crippen molar-refractivity contribution in [2.45, 2.75) is 39.5 Å². The van der Waals surface area contributed by atoms with E-state index in [-0.39, 0.29) is 6.10 Å². The van der Waals surface area contributed by atoms with Crippen molar-refractivity contribution in [3.63, 3.8) is 0 Å². The van der Waals surface area contributed by atoms with Crippen LogP contribution in [0.15, 0.2) is 30.5 Å². The number of hydrogen-bond acceptors (Lipinski definition) is 2. The number of nitrogens with one attached hydrogen (secondary N) is 1. The standard InChI is InChI=1S/C16H24N2O/c1-4-8-17-11-14-5-6-15-7-9-18(16(15)10-14)12-13(2)19-3/h5-7,9-10,13,17H,4,8,11-12H2,1-3H3. The fourth-order valence-corrected chi connectivity index (χ4v) is 2.26. The second-order valence-electron chi connectivity index (χ2n) is 5.08. The number of fused-ring (bicyclic) bond motifs is 1. The van der Waals surface area contributed by atoms with Crippen LogP contribution in [-0.2, 0) is 17.8 Å². The molecule has 3 nitrogen and oxygen atoms in total. The SMILES string of the molecule is CCCNCc1ccc2ccn(CC(C)OC)c2c1. The highest BCUT2D eigenvalue weighted by Crippen LogP contribution is 2.18. The van der Waals surface area contributed by atoms with Crippen LogP contribution in [0, 0.1) is 0 Å². The second kappa shape index (κ2) is 6.73. The number of hydrogen-bond donors (Lipinski definition) is 1. The van der Waals surface area contributed by atoms with Crippen LogP contribution in [0.5, 0.6) is 0 Å². The van der Waals surface area contributed by atoms with Crippen molar-refractivity contribution in [2.24, 2.45) is 0 Å². The lowest BCUT2D eigenvalue weighted by atomic mass is 10.1. The summed E-state index contributed by atoms with van der Waals surface area (Å²) in [5, 5.41) is 4.74. The monoisotopic (exact) mass is 260 g/mol. The fraction of sp³-hybridized carbons (Fsp3) is 0.500. The third-order valence-electron chi connectivity index (χ3n) is 3.45. The molecule has 0 aliphatic rings. The fourth-order valence-electron chi connectivity index (χ4n) is 2.26. The Hall–Kier alpha value is -1.32. The van der Waals surface area contributed by atoms with Crippen molar-refractivity contribution in [1.82, 2.24) is 9.88 Å². The summed E-state index contributed by atoms with van der Waals surface area (Å²) in [7, 11) is 1.76. The number of rotatable bonds is 7. The third-order valence-corrected chi connectivity index (χ3v) is 3.45. The Labute approximate surface area is 115 Å². The molecule has 0 fully saturated rings. The Morgan fingerprint density at radius 1 is 1.32 bits per heavy atom. The smallest absolute Gasteiger partial charge is 0.0722 e. The Morgan fingerprint density at radius 3 is 2.89 bits per heavy atom. The van der Waals surface area contributed by atoms with Gasteiger partial charge in [0.15, 0.2) is 0 Å². The van der Waals surface area contributed by atoms with E-state index in [4.69, 9.17) is 4.74 Å². The largest absolute Gasteiger partial charge is 0.380 e. The number of ether oxygens (including phenoxy) is 1. The minimum atomic E-state index is 0.234. The van der Waals surface area contributed by atoms with Crippen molar-refractivity contribution in [2.75, 3.05) is 13.7 Å². The van der Waals surface area contributed by atoms with E-state index >= 15 is 0 Å². The Morgan fingerprint density at radius 2 is 2.16 bits per heavy atom. The molecule has 0 bridgehead atoms. The first kappa shape index (κ1) is 14.1. The molecule has 0 amide bonds. The lowest BCUT2D eigenvalue weighted by molar-refractivity contribution is 0.104. The maximum atomic E-state index is 5.35. The van der Waals surface area contributed by atoms with Crippen molar-refractivity contribution in [3.05, 3.63) is 36.0 Å². The van der Waals surface area contributed by atoms with Gasteiger partial charge in [-0.25, -0.2) is 0 Å². The van der Waals surface area contributed by atoms with Gasteiger partial charge in [0.25, 0.3) is 0 Å². The molecule has 1 N–H and O–H groups in total. The normalized spacial score (nSPS) is 13.0. The van der Waals surface area contributed by atoms with Crippen molar-refractivity contribution >= 4 is 10.9 Å². The molecule has 0 aliphatic carbocycles. The summed E-state index contributed by atoms with van der Waals surface area (Å²) in [5.41, 5.74) is 2.63. The molecule has 0 spiro atoms. The van der Waals surface area contributed by atoms with Crippen LogP contribution in [0.3, 0.4) is 0 Å². The maximum Gasteiger partial charge on any atom is 0.0722 e. The average molecular weight is 260 g/mol. The van der Waals surface area contributed by atoms with Crippen molar-refractivity contribution in [1.29, 1.82) is 0 Å². The van der Waals surface area contributed by atoms with Crippen LogP contribution in [-0.4, -0.2) is 24.3 Å². The quantitative estimate of drug-likeness (QED) is 0.774. The van der Waals surface area contributed by atoms with Crippen LogP contribution in [0.1, 0.15) is 25.8 Å². The molecule has 0 radical (unpaired) electrons. The number of aromatic nitrogens is 1. The second-order valence-corrected chi connectivity index (χ2v) is 5.08. The van der Waals surface area contributed by atoms with Gasteiger partial charge < -0.3 is 14.6 Å². The highest BCUT2D eigenvalue weighted by molar-refractivity contribution is 5.80. The molecule has 104 valence electrons. The molecule has 2 aromatic rings. The molecule has 0 saturated heterocycles. The van der Waals surface area contributed by atoms with E-state index in [1.165, 1.54) is 22.9 Å². The highest BCUT2D eigenvalue weighted by Gasteiger charge is 2.06. The Balaban J connectivity index is 2.17. The predicted molar refractivity (Wildman–Crippen MR) is 80.4 cm³/mol. The van der Waals surface area contributed by atoms with Crippen LogP contribution >= 0.6 is 0 Å². The van der Waals surface area contributed by atoms with E-state index in [0.29, 0.717) is 0 Å². The van der Waals surface area contributed by atoms with E-state index in [2.05, 4.69) is 54.2 Å². The first-order valence-electron chi connectivity index (χ1n) is 7.06. The van der Waals surface area contributed by atoms with Gasteiger partial charge in [-0.15, -0.1) is 0 Å². The number of methoxy groups -OCH3 is 1. The van der Waals surface area contributed by atoms with E-state index in [9.17, 15) is 0 Å². The van der Waals surface area contributed by atoms with Gasteiger partial charge in [0.1, 0.15) is 0 Å². The Kier molecular flexibility index (Phi) is 5.00. The van der Waals surface area contributed by atoms with Gasteiger partial charge in [-0.1, -0.05) is 19.1 Å². The van der Waals surface area contributed by atoms with Crippen molar-refractivity contribution < 1.29 is 4.74 Å². The molecular weight excluding hydrogens is 236 g/mol.